The largest absolute Gasteiger partial charge is 0.507 e. The van der Waals surface area contributed by atoms with Gasteiger partial charge in [0, 0.05) is 17.2 Å². The van der Waals surface area contributed by atoms with E-state index in [0.29, 0.717) is 22.7 Å². The molecule has 2 rings (SSSR count). The summed E-state index contributed by atoms with van der Waals surface area (Å²) in [6.07, 6.45) is 0. The number of phenols is 1. The molecule has 1 heterocycles. The molecule has 0 saturated carbocycles. The van der Waals surface area contributed by atoms with Crippen LogP contribution >= 0.6 is 0 Å². The molecule has 88 valence electrons. The highest BCUT2D eigenvalue weighted by molar-refractivity contribution is 5.86. The maximum Gasteiger partial charge on any atom is 0.215 e. The molecule has 1 aromatic carbocycles. The number of benzene rings is 1. The van der Waals surface area contributed by atoms with Gasteiger partial charge in [0.25, 0.3) is 0 Å². The molecule has 0 radical (unpaired) electrons. The van der Waals surface area contributed by atoms with Crippen molar-refractivity contribution in [2.75, 3.05) is 18.6 Å². The smallest absolute Gasteiger partial charge is 0.215 e. The van der Waals surface area contributed by atoms with Gasteiger partial charge in [-0.2, -0.15) is 4.98 Å². The third kappa shape index (κ3) is 1.94. The van der Waals surface area contributed by atoms with E-state index in [-0.39, 0.29) is 11.6 Å². The van der Waals surface area contributed by atoms with Gasteiger partial charge in [-0.1, -0.05) is 18.2 Å². The Labute approximate surface area is 98.7 Å². The van der Waals surface area contributed by atoms with Gasteiger partial charge >= 0.3 is 0 Å². The number of para-hydroxylation sites is 1. The molecule has 0 aliphatic carbocycles. The molecule has 5 N–H and O–H groups in total. The van der Waals surface area contributed by atoms with E-state index in [4.69, 9.17) is 16.2 Å². The molecule has 0 atom stereocenters. The van der Waals surface area contributed by atoms with E-state index in [1.807, 2.05) is 0 Å². The molecule has 0 amide bonds. The Hall–Kier alpha value is -2.43. The van der Waals surface area contributed by atoms with E-state index >= 15 is 0 Å². The summed E-state index contributed by atoms with van der Waals surface area (Å²) < 4.78 is 5.02. The fourth-order valence-corrected chi connectivity index (χ4v) is 1.58. The normalized spacial score (nSPS) is 10.2. The van der Waals surface area contributed by atoms with Crippen LogP contribution in [-0.2, 0) is 0 Å². The number of phenolic OH excluding ortho intramolecular Hbond substituents is 1. The number of nitrogens with zero attached hydrogens (tertiary/aromatic N) is 1. The molecule has 17 heavy (non-hydrogen) atoms. The Morgan fingerprint density at radius 3 is 2.53 bits per heavy atom. The summed E-state index contributed by atoms with van der Waals surface area (Å²) >= 11 is 0. The van der Waals surface area contributed by atoms with E-state index in [9.17, 15) is 5.11 Å². The predicted molar refractivity (Wildman–Crippen MR) is 66.7 cm³/mol. The highest BCUT2D eigenvalue weighted by Gasteiger charge is 2.12. The van der Waals surface area contributed by atoms with Crippen LogP contribution in [0.15, 0.2) is 30.3 Å². The van der Waals surface area contributed by atoms with Crippen LogP contribution in [0.25, 0.3) is 11.1 Å². The molecule has 0 aliphatic heterocycles. The molecule has 5 nitrogen and oxygen atoms in total. The number of pyridine rings is 1. The van der Waals surface area contributed by atoms with Crippen LogP contribution in [0.3, 0.4) is 0 Å². The lowest BCUT2D eigenvalue weighted by molar-refractivity contribution is 0.399. The first kappa shape index (κ1) is 11.1. The van der Waals surface area contributed by atoms with E-state index in [2.05, 4.69) is 4.98 Å². The Bertz CT molecular complexity index is 555. The molecule has 0 saturated heterocycles. The molecule has 0 unspecified atom stereocenters. The lowest BCUT2D eigenvalue weighted by Crippen LogP contribution is -2.02. The molecule has 1 aromatic heterocycles. The number of nitrogens with two attached hydrogens (primary N) is 2. The van der Waals surface area contributed by atoms with Crippen LogP contribution < -0.4 is 16.2 Å². The van der Waals surface area contributed by atoms with Crippen LogP contribution in [0.4, 0.5) is 11.5 Å². The zero-order valence-corrected chi connectivity index (χ0v) is 9.34. The van der Waals surface area contributed by atoms with Gasteiger partial charge in [-0.3, -0.25) is 0 Å². The molecule has 0 bridgehead atoms. The van der Waals surface area contributed by atoms with Crippen molar-refractivity contribution >= 4 is 11.5 Å². The van der Waals surface area contributed by atoms with E-state index in [1.165, 1.54) is 7.11 Å². The minimum Gasteiger partial charge on any atom is -0.507 e. The van der Waals surface area contributed by atoms with E-state index in [0.717, 1.165) is 0 Å². The molecular weight excluding hydrogens is 218 g/mol. The highest BCUT2D eigenvalue weighted by Crippen LogP contribution is 2.36. The van der Waals surface area contributed by atoms with Gasteiger partial charge in [-0.15, -0.1) is 0 Å². The zero-order chi connectivity index (χ0) is 12.4. The second-order valence-electron chi connectivity index (χ2n) is 3.53. The van der Waals surface area contributed by atoms with Gasteiger partial charge < -0.3 is 21.3 Å². The van der Waals surface area contributed by atoms with Crippen LogP contribution in [0, 0.1) is 0 Å². The van der Waals surface area contributed by atoms with Gasteiger partial charge in [0.2, 0.25) is 5.88 Å². The summed E-state index contributed by atoms with van der Waals surface area (Å²) in [5.74, 6) is 0.671. The molecule has 0 spiro atoms. The molecule has 5 heteroatoms. The van der Waals surface area contributed by atoms with Gasteiger partial charge in [-0.05, 0) is 6.07 Å². The van der Waals surface area contributed by atoms with Crippen molar-refractivity contribution in [3.63, 3.8) is 0 Å². The highest BCUT2D eigenvalue weighted by atomic mass is 16.5. The van der Waals surface area contributed by atoms with Crippen molar-refractivity contribution in [3.05, 3.63) is 30.3 Å². The molecule has 0 aliphatic rings. The number of aromatic nitrogens is 1. The Balaban J connectivity index is 2.67. The average Bonchev–Trinajstić information content (AvgIpc) is 2.33. The van der Waals surface area contributed by atoms with E-state index in [1.54, 1.807) is 30.3 Å². The third-order valence-electron chi connectivity index (χ3n) is 2.47. The summed E-state index contributed by atoms with van der Waals surface area (Å²) in [6, 6.07) is 8.51. The predicted octanol–water partition coefficient (Wildman–Crippen LogP) is 1.63. The summed E-state index contributed by atoms with van der Waals surface area (Å²) in [7, 11) is 1.49. The first-order chi connectivity index (χ1) is 8.13. The fourth-order valence-electron chi connectivity index (χ4n) is 1.58. The number of ether oxygens (including phenoxy) is 1. The summed E-state index contributed by atoms with van der Waals surface area (Å²) in [6.45, 7) is 0. The Morgan fingerprint density at radius 2 is 1.88 bits per heavy atom. The van der Waals surface area contributed by atoms with Crippen molar-refractivity contribution < 1.29 is 9.84 Å². The van der Waals surface area contributed by atoms with Crippen LogP contribution in [0.1, 0.15) is 0 Å². The number of aromatic hydroxyl groups is 1. The molecule has 2 aromatic rings. The van der Waals surface area contributed by atoms with Crippen LogP contribution in [0.2, 0.25) is 0 Å². The quantitative estimate of drug-likeness (QED) is 0.730. The Morgan fingerprint density at radius 1 is 1.18 bits per heavy atom. The SMILES string of the molecule is COc1cc(-c2ccccc2O)c(N)c(N)n1. The van der Waals surface area contributed by atoms with Crippen molar-refractivity contribution in [1.29, 1.82) is 0 Å². The van der Waals surface area contributed by atoms with Gasteiger partial charge in [-0.25, -0.2) is 0 Å². The topological polar surface area (TPSA) is 94.4 Å². The standard InChI is InChI=1S/C12H13N3O2/c1-17-10-6-8(11(13)12(14)15-10)7-4-2-3-5-9(7)16/h2-6,16H,13H2,1H3,(H2,14,15). The second-order valence-corrected chi connectivity index (χ2v) is 3.53. The number of hydrogen-bond donors (Lipinski definition) is 3. The van der Waals surface area contributed by atoms with Crippen LogP contribution in [-0.4, -0.2) is 17.2 Å². The summed E-state index contributed by atoms with van der Waals surface area (Å²) in [5.41, 5.74) is 13.1. The number of hydrogen-bond acceptors (Lipinski definition) is 5. The fraction of sp³-hybridized carbons (Fsp3) is 0.0833. The molecular formula is C12H13N3O2. The second kappa shape index (κ2) is 4.21. The van der Waals surface area contributed by atoms with E-state index < -0.39 is 0 Å². The Kier molecular flexibility index (Phi) is 2.74. The van der Waals surface area contributed by atoms with Crippen molar-refractivity contribution in [1.82, 2.24) is 4.98 Å². The number of rotatable bonds is 2. The molecule has 0 fully saturated rings. The summed E-state index contributed by atoms with van der Waals surface area (Å²) in [5, 5.41) is 9.79. The minimum atomic E-state index is 0.131. The number of anilines is 2. The monoisotopic (exact) mass is 231 g/mol. The van der Waals surface area contributed by atoms with Crippen molar-refractivity contribution in [3.8, 4) is 22.8 Å². The third-order valence-corrected chi connectivity index (χ3v) is 2.47. The van der Waals surface area contributed by atoms with Gasteiger partial charge in [0.1, 0.15) is 5.75 Å². The first-order valence-corrected chi connectivity index (χ1v) is 5.02. The van der Waals surface area contributed by atoms with Crippen molar-refractivity contribution in [2.45, 2.75) is 0 Å². The van der Waals surface area contributed by atoms with Gasteiger partial charge in [0.05, 0.1) is 12.8 Å². The number of methoxy groups -OCH3 is 1. The average molecular weight is 231 g/mol. The van der Waals surface area contributed by atoms with Gasteiger partial charge in [0.15, 0.2) is 5.82 Å². The maximum absolute atomic E-state index is 9.79. The van der Waals surface area contributed by atoms with Crippen molar-refractivity contribution in [2.24, 2.45) is 0 Å². The first-order valence-electron chi connectivity index (χ1n) is 5.02. The lowest BCUT2D eigenvalue weighted by atomic mass is 10.0. The number of nitrogen functional groups attached to an aromatic ring is 2. The minimum absolute atomic E-state index is 0.131. The zero-order valence-electron chi connectivity index (χ0n) is 9.34. The maximum atomic E-state index is 9.79. The van der Waals surface area contributed by atoms with Crippen LogP contribution in [0.5, 0.6) is 11.6 Å². The summed E-state index contributed by atoms with van der Waals surface area (Å²) in [4.78, 5) is 3.96. The lowest BCUT2D eigenvalue weighted by Gasteiger charge is -2.11.